The molecule has 1 heterocycles. The number of benzene rings is 1. The summed E-state index contributed by atoms with van der Waals surface area (Å²) in [6.07, 6.45) is 5.16. The molecule has 0 bridgehead atoms. The molecule has 1 aliphatic heterocycles. The molecule has 4 heteroatoms. The second kappa shape index (κ2) is 8.22. The van der Waals surface area contributed by atoms with Crippen molar-refractivity contribution in [1.29, 1.82) is 0 Å². The van der Waals surface area contributed by atoms with Gasteiger partial charge in [0.2, 0.25) is 0 Å². The van der Waals surface area contributed by atoms with Gasteiger partial charge in [0.25, 0.3) is 0 Å². The molecular formula is C16H25N3S. The van der Waals surface area contributed by atoms with Crippen LogP contribution in [0, 0.1) is 0 Å². The standard InChI is InChI=1S/C16H25N3S/c1-2-10-17-16(20)18-15-8-6-14(7-9-15)13-19-11-4-3-5-12-19/h6-9H,2-5,10-13H2,1H3,(H2,17,18,20). The summed E-state index contributed by atoms with van der Waals surface area (Å²) < 4.78 is 0. The Labute approximate surface area is 127 Å². The lowest BCUT2D eigenvalue weighted by molar-refractivity contribution is 0.221. The number of anilines is 1. The van der Waals surface area contributed by atoms with Crippen LogP contribution in [-0.4, -0.2) is 29.6 Å². The van der Waals surface area contributed by atoms with Crippen molar-refractivity contribution in [2.24, 2.45) is 0 Å². The second-order valence-corrected chi connectivity index (χ2v) is 5.82. The number of hydrogen-bond donors (Lipinski definition) is 2. The van der Waals surface area contributed by atoms with Crippen molar-refractivity contribution in [2.75, 3.05) is 25.0 Å². The minimum Gasteiger partial charge on any atom is -0.362 e. The molecule has 0 saturated carbocycles. The summed E-state index contributed by atoms with van der Waals surface area (Å²) in [5.74, 6) is 0. The molecule has 1 aromatic rings. The fourth-order valence-corrected chi connectivity index (χ4v) is 2.70. The van der Waals surface area contributed by atoms with Gasteiger partial charge in [0.05, 0.1) is 0 Å². The maximum atomic E-state index is 5.23. The zero-order valence-electron chi connectivity index (χ0n) is 12.3. The van der Waals surface area contributed by atoms with Gasteiger partial charge in [-0.3, -0.25) is 4.90 Å². The molecule has 1 aromatic carbocycles. The van der Waals surface area contributed by atoms with E-state index in [0.29, 0.717) is 5.11 Å². The van der Waals surface area contributed by atoms with Gasteiger partial charge in [-0.15, -0.1) is 0 Å². The number of nitrogens with one attached hydrogen (secondary N) is 2. The van der Waals surface area contributed by atoms with Gasteiger partial charge in [-0.25, -0.2) is 0 Å². The predicted octanol–water partition coefficient (Wildman–Crippen LogP) is 3.37. The number of piperidine rings is 1. The topological polar surface area (TPSA) is 27.3 Å². The molecule has 1 aliphatic rings. The minimum absolute atomic E-state index is 0.704. The molecule has 3 nitrogen and oxygen atoms in total. The Hall–Kier alpha value is -1.13. The van der Waals surface area contributed by atoms with Gasteiger partial charge in [-0.2, -0.15) is 0 Å². The summed E-state index contributed by atoms with van der Waals surface area (Å²) in [5.41, 5.74) is 2.44. The van der Waals surface area contributed by atoms with E-state index in [1.165, 1.54) is 37.9 Å². The second-order valence-electron chi connectivity index (χ2n) is 5.41. The molecule has 0 atom stereocenters. The summed E-state index contributed by atoms with van der Waals surface area (Å²) >= 11 is 5.23. The van der Waals surface area contributed by atoms with Gasteiger partial charge in [0.15, 0.2) is 5.11 Å². The number of thiocarbonyl (C=S) groups is 1. The fourth-order valence-electron chi connectivity index (χ4n) is 2.48. The molecule has 0 aromatic heterocycles. The van der Waals surface area contributed by atoms with Crippen molar-refractivity contribution < 1.29 is 0 Å². The Morgan fingerprint density at radius 3 is 2.50 bits per heavy atom. The Kier molecular flexibility index (Phi) is 6.27. The molecule has 0 amide bonds. The number of rotatable bonds is 5. The van der Waals surface area contributed by atoms with Crippen molar-refractivity contribution in [2.45, 2.75) is 39.2 Å². The van der Waals surface area contributed by atoms with Crippen molar-refractivity contribution in [3.63, 3.8) is 0 Å². The van der Waals surface area contributed by atoms with E-state index in [4.69, 9.17) is 12.2 Å². The van der Waals surface area contributed by atoms with E-state index in [0.717, 1.165) is 25.2 Å². The zero-order chi connectivity index (χ0) is 14.2. The van der Waals surface area contributed by atoms with Crippen LogP contribution in [0.15, 0.2) is 24.3 Å². The van der Waals surface area contributed by atoms with Crippen molar-refractivity contribution in [3.05, 3.63) is 29.8 Å². The van der Waals surface area contributed by atoms with Gasteiger partial charge in [0, 0.05) is 18.8 Å². The molecule has 110 valence electrons. The average molecular weight is 291 g/mol. The van der Waals surface area contributed by atoms with Crippen LogP contribution in [0.1, 0.15) is 38.2 Å². The van der Waals surface area contributed by atoms with Gasteiger partial charge >= 0.3 is 0 Å². The molecule has 0 spiro atoms. The molecule has 0 aliphatic carbocycles. The molecule has 1 saturated heterocycles. The predicted molar refractivity (Wildman–Crippen MR) is 90.1 cm³/mol. The Balaban J connectivity index is 1.81. The van der Waals surface area contributed by atoms with E-state index in [1.807, 2.05) is 0 Å². The summed E-state index contributed by atoms with van der Waals surface area (Å²) in [7, 11) is 0. The SMILES string of the molecule is CCCNC(=S)Nc1ccc(CN2CCCCC2)cc1. The van der Waals surface area contributed by atoms with Gasteiger partial charge < -0.3 is 10.6 Å². The molecule has 0 unspecified atom stereocenters. The van der Waals surface area contributed by atoms with E-state index in [9.17, 15) is 0 Å². The maximum Gasteiger partial charge on any atom is 0.170 e. The summed E-state index contributed by atoms with van der Waals surface area (Å²) in [6.45, 7) is 6.60. The van der Waals surface area contributed by atoms with E-state index in [1.54, 1.807) is 0 Å². The van der Waals surface area contributed by atoms with E-state index in [-0.39, 0.29) is 0 Å². The van der Waals surface area contributed by atoms with Crippen LogP contribution in [0.4, 0.5) is 5.69 Å². The first-order valence-electron chi connectivity index (χ1n) is 7.64. The van der Waals surface area contributed by atoms with Crippen LogP contribution in [-0.2, 0) is 6.54 Å². The van der Waals surface area contributed by atoms with Crippen LogP contribution < -0.4 is 10.6 Å². The van der Waals surface area contributed by atoms with Crippen LogP contribution in [0.2, 0.25) is 0 Å². The summed E-state index contributed by atoms with van der Waals surface area (Å²) in [6, 6.07) is 8.61. The van der Waals surface area contributed by atoms with Crippen LogP contribution in [0.3, 0.4) is 0 Å². The van der Waals surface area contributed by atoms with Crippen molar-refractivity contribution >= 4 is 23.0 Å². The Bertz CT molecular complexity index is 410. The van der Waals surface area contributed by atoms with Crippen LogP contribution in [0.5, 0.6) is 0 Å². The number of nitrogens with zero attached hydrogens (tertiary/aromatic N) is 1. The van der Waals surface area contributed by atoms with Crippen molar-refractivity contribution in [1.82, 2.24) is 10.2 Å². The summed E-state index contributed by atoms with van der Waals surface area (Å²) in [4.78, 5) is 2.54. The monoisotopic (exact) mass is 291 g/mol. The highest BCUT2D eigenvalue weighted by molar-refractivity contribution is 7.80. The lowest BCUT2D eigenvalue weighted by Crippen LogP contribution is -2.29. The highest BCUT2D eigenvalue weighted by Crippen LogP contribution is 2.15. The highest BCUT2D eigenvalue weighted by atomic mass is 32.1. The third-order valence-electron chi connectivity index (χ3n) is 3.60. The van der Waals surface area contributed by atoms with Crippen molar-refractivity contribution in [3.8, 4) is 0 Å². The molecule has 20 heavy (non-hydrogen) atoms. The molecular weight excluding hydrogens is 266 g/mol. The first kappa shape index (κ1) is 15.3. The average Bonchev–Trinajstić information content (AvgIpc) is 2.48. The minimum atomic E-state index is 0.704. The normalized spacial score (nSPS) is 15.8. The van der Waals surface area contributed by atoms with E-state index in [2.05, 4.69) is 46.7 Å². The number of hydrogen-bond acceptors (Lipinski definition) is 2. The first-order chi connectivity index (χ1) is 9.78. The Morgan fingerprint density at radius 1 is 1.15 bits per heavy atom. The van der Waals surface area contributed by atoms with Gasteiger partial charge in [0.1, 0.15) is 0 Å². The van der Waals surface area contributed by atoms with Crippen LogP contribution >= 0.6 is 12.2 Å². The smallest absolute Gasteiger partial charge is 0.170 e. The summed E-state index contributed by atoms with van der Waals surface area (Å²) in [5, 5.41) is 7.09. The Morgan fingerprint density at radius 2 is 1.85 bits per heavy atom. The van der Waals surface area contributed by atoms with E-state index < -0.39 is 0 Å². The highest BCUT2D eigenvalue weighted by Gasteiger charge is 2.10. The van der Waals surface area contributed by atoms with Gasteiger partial charge in [-0.05, 0) is 62.3 Å². The lowest BCUT2D eigenvalue weighted by atomic mass is 10.1. The quantitative estimate of drug-likeness (QED) is 0.813. The lowest BCUT2D eigenvalue weighted by Gasteiger charge is -2.26. The van der Waals surface area contributed by atoms with Gasteiger partial charge in [-0.1, -0.05) is 25.5 Å². The number of likely N-dealkylation sites (tertiary alicyclic amines) is 1. The largest absolute Gasteiger partial charge is 0.362 e. The first-order valence-corrected chi connectivity index (χ1v) is 8.05. The zero-order valence-corrected chi connectivity index (χ0v) is 13.1. The van der Waals surface area contributed by atoms with E-state index >= 15 is 0 Å². The molecule has 2 N–H and O–H groups in total. The molecule has 0 radical (unpaired) electrons. The molecule has 2 rings (SSSR count). The third-order valence-corrected chi connectivity index (χ3v) is 3.85. The molecule has 1 fully saturated rings. The maximum absolute atomic E-state index is 5.23. The third kappa shape index (κ3) is 5.10. The fraction of sp³-hybridized carbons (Fsp3) is 0.562. The van der Waals surface area contributed by atoms with Crippen LogP contribution in [0.25, 0.3) is 0 Å².